The smallest absolute Gasteiger partial charge is 0.491 e. The summed E-state index contributed by atoms with van der Waals surface area (Å²) in [5.41, 5.74) is 2.96. The standard InChI is InChI=1S/2C13H12N2O2.2F6P.Pd/c2*1-4-10-12(14-6-1)13-11(5-2-7-15-13)17-9-3-8-16-10;2*1-7(2,3,4,5)6;/h2*1-2,4-7H,3,8-9H2;;;/q;;2*-1;+2. The minimum Gasteiger partial charge on any atom is -0.491 e. The molecule has 0 unspecified atom stereocenters. The Labute approximate surface area is 283 Å². The number of nitrogens with zero attached hydrogens (tertiary/aromatic N) is 4. The van der Waals surface area contributed by atoms with Crippen LogP contribution in [0.5, 0.6) is 23.0 Å². The average molecular weight is 853 g/mol. The molecule has 0 N–H and O–H groups in total. The summed E-state index contributed by atoms with van der Waals surface area (Å²) in [6, 6.07) is 15.1. The van der Waals surface area contributed by atoms with Crippen LogP contribution in [0.25, 0.3) is 22.8 Å². The van der Waals surface area contributed by atoms with Crippen molar-refractivity contribution < 1.29 is 89.7 Å². The normalized spacial score (nSPS) is 16.4. The van der Waals surface area contributed by atoms with Crippen molar-refractivity contribution in [1.82, 2.24) is 19.9 Å². The summed E-state index contributed by atoms with van der Waals surface area (Å²) in [6.07, 6.45) is 8.64. The van der Waals surface area contributed by atoms with Crippen molar-refractivity contribution in [3.63, 3.8) is 0 Å². The molecule has 0 radical (unpaired) electrons. The largest absolute Gasteiger partial charge is 2.00 e. The fourth-order valence-corrected chi connectivity index (χ4v) is 3.59. The van der Waals surface area contributed by atoms with Crippen LogP contribution in [0.15, 0.2) is 73.3 Å². The average Bonchev–Trinajstić information content (AvgIpc) is 3.10. The van der Waals surface area contributed by atoms with Gasteiger partial charge in [-0.25, -0.2) is 0 Å². The van der Waals surface area contributed by atoms with Gasteiger partial charge in [0, 0.05) is 37.6 Å². The Hall–Kier alpha value is -3.52. The zero-order valence-electron chi connectivity index (χ0n) is 24.3. The molecule has 8 nitrogen and oxygen atoms in total. The van der Waals surface area contributed by atoms with Crippen LogP contribution < -0.4 is 18.9 Å². The van der Waals surface area contributed by atoms with E-state index in [4.69, 9.17) is 18.9 Å². The van der Waals surface area contributed by atoms with E-state index in [9.17, 15) is 50.4 Å². The van der Waals surface area contributed by atoms with Crippen molar-refractivity contribution in [2.24, 2.45) is 0 Å². The third kappa shape index (κ3) is 19.3. The fraction of sp³-hybridized carbons (Fsp3) is 0.231. The van der Waals surface area contributed by atoms with Gasteiger partial charge in [-0.15, -0.1) is 0 Å². The molecule has 276 valence electrons. The quantitative estimate of drug-likeness (QED) is 0.0982. The van der Waals surface area contributed by atoms with Crippen LogP contribution in [0.3, 0.4) is 0 Å². The van der Waals surface area contributed by atoms with Crippen molar-refractivity contribution >= 4 is 15.6 Å². The Morgan fingerprint density at radius 3 is 0.755 bits per heavy atom. The molecule has 2 aliphatic heterocycles. The fourth-order valence-electron chi connectivity index (χ4n) is 3.59. The van der Waals surface area contributed by atoms with Gasteiger partial charge in [-0.1, -0.05) is 0 Å². The van der Waals surface area contributed by atoms with Crippen LogP contribution in [-0.4, -0.2) is 46.4 Å². The molecule has 0 atom stereocenters. The molecule has 6 rings (SSSR count). The van der Waals surface area contributed by atoms with Gasteiger partial charge < -0.3 is 18.9 Å². The predicted molar refractivity (Wildman–Crippen MR) is 153 cm³/mol. The van der Waals surface area contributed by atoms with Gasteiger partial charge >= 0.3 is 86.4 Å². The number of hydrogen-bond donors (Lipinski definition) is 0. The second kappa shape index (κ2) is 14.4. The van der Waals surface area contributed by atoms with Crippen LogP contribution >= 0.6 is 15.6 Å². The molecular weight excluding hydrogens is 829 g/mol. The van der Waals surface area contributed by atoms with Crippen molar-refractivity contribution in [2.45, 2.75) is 12.8 Å². The molecule has 0 bridgehead atoms. The molecule has 23 heteroatoms. The topological polar surface area (TPSA) is 88.5 Å². The third-order valence-corrected chi connectivity index (χ3v) is 5.14. The first-order valence-corrected chi connectivity index (χ1v) is 17.3. The maximum atomic E-state index is 9.87. The van der Waals surface area contributed by atoms with Crippen LogP contribution in [-0.2, 0) is 20.4 Å². The monoisotopic (exact) mass is 852 g/mol. The number of halogens is 12. The molecule has 6 heterocycles. The van der Waals surface area contributed by atoms with Crippen LogP contribution in [0.1, 0.15) is 12.8 Å². The maximum Gasteiger partial charge on any atom is 2.00 e. The molecule has 2 aliphatic rings. The van der Waals surface area contributed by atoms with E-state index < -0.39 is 15.6 Å². The molecule has 0 aromatic carbocycles. The van der Waals surface area contributed by atoms with E-state index in [1.165, 1.54) is 0 Å². The summed E-state index contributed by atoms with van der Waals surface area (Å²) in [5.74, 6) is 3.05. The number of aromatic nitrogens is 4. The first-order valence-electron chi connectivity index (χ1n) is 13.2. The molecular formula is C26H24F12N4O4P2Pd. The Balaban J connectivity index is 0.000000246. The zero-order valence-corrected chi connectivity index (χ0v) is 27.7. The minimum absolute atomic E-state index is 0. The maximum absolute atomic E-state index is 10.7. The van der Waals surface area contributed by atoms with E-state index in [-0.39, 0.29) is 20.4 Å². The zero-order chi connectivity index (χ0) is 35.8. The SMILES string of the molecule is F[P-](F)(F)(F)(F)F.F[P-](F)(F)(F)(F)F.[Pd+2].c1cnc2c(c1)OCCCOc1cccnc1-2.c1cnc2c(c1)OCCCOc1cccnc1-2. The van der Waals surface area contributed by atoms with Gasteiger partial charge in [0.15, 0.2) is 0 Å². The van der Waals surface area contributed by atoms with Crippen LogP contribution in [0.4, 0.5) is 50.4 Å². The Morgan fingerprint density at radius 1 is 0.388 bits per heavy atom. The molecule has 0 amide bonds. The number of rotatable bonds is 0. The van der Waals surface area contributed by atoms with E-state index in [2.05, 4.69) is 19.9 Å². The van der Waals surface area contributed by atoms with Gasteiger partial charge in [-0.05, 0) is 48.5 Å². The van der Waals surface area contributed by atoms with Gasteiger partial charge in [0.1, 0.15) is 45.8 Å². The second-order valence-corrected chi connectivity index (χ2v) is 13.3. The summed E-state index contributed by atoms with van der Waals surface area (Å²) in [4.78, 5) is 17.3. The van der Waals surface area contributed by atoms with Gasteiger partial charge in [-0.2, -0.15) is 0 Å². The third-order valence-electron chi connectivity index (χ3n) is 5.14. The number of ether oxygens (including phenoxy) is 4. The number of fused-ring (bicyclic) bond motifs is 6. The van der Waals surface area contributed by atoms with Gasteiger partial charge in [0.25, 0.3) is 0 Å². The van der Waals surface area contributed by atoms with E-state index in [0.717, 1.165) is 58.6 Å². The summed E-state index contributed by atoms with van der Waals surface area (Å²) in [7, 11) is -21.3. The molecule has 0 aliphatic carbocycles. The predicted octanol–water partition coefficient (Wildman–Crippen LogP) is 11.4. The molecule has 0 spiro atoms. The van der Waals surface area contributed by atoms with E-state index in [0.29, 0.717) is 26.4 Å². The molecule has 0 saturated heterocycles. The van der Waals surface area contributed by atoms with E-state index in [1.807, 2.05) is 48.5 Å². The Kier molecular flexibility index (Phi) is 12.2. The molecule has 4 aromatic heterocycles. The van der Waals surface area contributed by atoms with Crippen LogP contribution in [0.2, 0.25) is 0 Å². The molecule has 0 fully saturated rings. The van der Waals surface area contributed by atoms with E-state index in [1.54, 1.807) is 24.8 Å². The van der Waals surface area contributed by atoms with Gasteiger partial charge in [0.05, 0.1) is 26.4 Å². The van der Waals surface area contributed by atoms with Crippen molar-refractivity contribution in [1.29, 1.82) is 0 Å². The summed E-state index contributed by atoms with van der Waals surface area (Å²) in [5, 5.41) is 0. The first kappa shape index (κ1) is 41.7. The molecule has 49 heavy (non-hydrogen) atoms. The van der Waals surface area contributed by atoms with E-state index >= 15 is 0 Å². The van der Waals surface area contributed by atoms with Crippen LogP contribution in [0, 0.1) is 0 Å². The van der Waals surface area contributed by atoms with Crippen molar-refractivity contribution in [2.75, 3.05) is 26.4 Å². The van der Waals surface area contributed by atoms with Crippen molar-refractivity contribution in [3.8, 4) is 45.8 Å². The summed E-state index contributed by atoms with van der Waals surface area (Å²) >= 11 is 0. The Morgan fingerprint density at radius 2 is 0.571 bits per heavy atom. The minimum atomic E-state index is -10.7. The second-order valence-electron chi connectivity index (χ2n) is 9.42. The Bertz CT molecular complexity index is 1460. The van der Waals surface area contributed by atoms with Crippen molar-refractivity contribution in [3.05, 3.63) is 73.3 Å². The van der Waals surface area contributed by atoms with Gasteiger partial charge in [-0.3, -0.25) is 19.9 Å². The molecule has 4 aromatic rings. The number of pyridine rings is 4. The van der Waals surface area contributed by atoms with Gasteiger partial charge in [0.2, 0.25) is 0 Å². The molecule has 0 saturated carbocycles. The summed E-state index contributed by atoms with van der Waals surface area (Å²) < 4.78 is 141. The first-order chi connectivity index (χ1) is 21.8. The summed E-state index contributed by atoms with van der Waals surface area (Å²) in [6.45, 7) is 2.53. The number of hydrogen-bond acceptors (Lipinski definition) is 8.